The van der Waals surface area contributed by atoms with Gasteiger partial charge < -0.3 is 5.32 Å². The molecule has 0 spiro atoms. The lowest BCUT2D eigenvalue weighted by Crippen LogP contribution is -2.29. The van der Waals surface area contributed by atoms with Crippen LogP contribution in [0.5, 0.6) is 0 Å². The van der Waals surface area contributed by atoms with E-state index < -0.39 is 0 Å². The minimum atomic E-state index is -0.342. The number of hydrogen-bond acceptors (Lipinski definition) is 5. The lowest BCUT2D eigenvalue weighted by molar-refractivity contribution is 0.0931. The number of rotatable bonds is 5. The van der Waals surface area contributed by atoms with E-state index in [1.165, 1.54) is 23.0 Å². The number of hydrogen-bond donors (Lipinski definition) is 1. The third-order valence-corrected chi connectivity index (χ3v) is 4.40. The molecule has 0 fully saturated rings. The molecule has 1 amide bonds. The molecule has 0 bridgehead atoms. The van der Waals surface area contributed by atoms with Gasteiger partial charge in [-0.15, -0.1) is 0 Å². The zero-order chi connectivity index (χ0) is 19.7. The van der Waals surface area contributed by atoms with Crippen LogP contribution in [0.25, 0.3) is 17.0 Å². The smallest absolute Gasteiger partial charge is 0.270 e. The van der Waals surface area contributed by atoms with Gasteiger partial charge >= 0.3 is 0 Å². The topological polar surface area (TPSA) is 90.0 Å². The highest BCUT2D eigenvalue weighted by Gasteiger charge is 2.19. The minimum absolute atomic E-state index is 0.281. The fraction of sp³-hybridized carbons (Fsp3) is 0.211. The van der Waals surface area contributed by atoms with Gasteiger partial charge in [0.05, 0.1) is 17.4 Å². The van der Waals surface area contributed by atoms with Gasteiger partial charge in [0.2, 0.25) is 0 Å². The Morgan fingerprint density at radius 1 is 1.25 bits per heavy atom. The second-order valence-corrected chi connectivity index (χ2v) is 6.30. The molecule has 1 unspecified atom stereocenters. The summed E-state index contributed by atoms with van der Waals surface area (Å²) in [5.74, 6) is -0.389. The molecule has 0 aliphatic heterocycles. The van der Waals surface area contributed by atoms with Gasteiger partial charge in [0.15, 0.2) is 0 Å². The van der Waals surface area contributed by atoms with E-state index in [9.17, 15) is 9.18 Å². The highest BCUT2D eigenvalue weighted by atomic mass is 19.1. The minimum Gasteiger partial charge on any atom is -0.343 e. The van der Waals surface area contributed by atoms with Crippen molar-refractivity contribution in [2.45, 2.75) is 26.4 Å². The molecule has 3 heterocycles. The Kier molecular flexibility index (Phi) is 4.56. The predicted molar refractivity (Wildman–Crippen MR) is 100.0 cm³/mol. The fourth-order valence-corrected chi connectivity index (χ4v) is 2.87. The lowest BCUT2D eigenvalue weighted by atomic mass is 10.1. The molecule has 1 atom stereocenters. The summed E-state index contributed by atoms with van der Waals surface area (Å²) < 4.78 is 16.4. The zero-order valence-corrected chi connectivity index (χ0v) is 15.4. The molecule has 1 N–H and O–H groups in total. The van der Waals surface area contributed by atoms with Crippen molar-refractivity contribution in [1.82, 2.24) is 34.7 Å². The van der Waals surface area contributed by atoms with Crippen molar-refractivity contribution in [3.63, 3.8) is 0 Å². The molecular weight excluding hydrogens is 361 g/mol. The number of halogens is 1. The van der Waals surface area contributed by atoms with Crippen LogP contribution in [-0.2, 0) is 6.54 Å². The van der Waals surface area contributed by atoms with Gasteiger partial charge in [-0.25, -0.2) is 9.37 Å². The van der Waals surface area contributed by atoms with Crippen LogP contribution in [0.4, 0.5) is 4.39 Å². The van der Waals surface area contributed by atoms with Gasteiger partial charge in [-0.05, 0) is 50.2 Å². The first-order chi connectivity index (χ1) is 13.5. The average molecular weight is 379 g/mol. The molecule has 4 rings (SSSR count). The third kappa shape index (κ3) is 3.34. The molecule has 28 heavy (non-hydrogen) atoms. The number of carbonyl (C=O) groups is 1. The van der Waals surface area contributed by atoms with Crippen molar-refractivity contribution >= 4 is 11.7 Å². The van der Waals surface area contributed by atoms with Crippen LogP contribution in [0.1, 0.15) is 36.1 Å². The first-order valence-corrected chi connectivity index (χ1v) is 8.86. The summed E-state index contributed by atoms with van der Waals surface area (Å²) in [6.45, 7) is 4.61. The van der Waals surface area contributed by atoms with Crippen molar-refractivity contribution in [1.29, 1.82) is 0 Å². The van der Waals surface area contributed by atoms with E-state index in [1.54, 1.807) is 22.9 Å². The first-order valence-electron chi connectivity index (χ1n) is 8.86. The standard InChI is InChI=1S/C19H18FN7O/c1-3-26-9-8-15(25-26)12(2)23-18(28)17-10-16(13-4-6-14(20)7-5-13)24-19-21-11-22-27(17)19/h4-12H,3H2,1-2H3,(H,23,28). The number of nitrogens with zero attached hydrogens (tertiary/aromatic N) is 6. The Balaban J connectivity index is 1.67. The lowest BCUT2D eigenvalue weighted by Gasteiger charge is -2.13. The Morgan fingerprint density at radius 3 is 2.75 bits per heavy atom. The van der Waals surface area contributed by atoms with E-state index in [4.69, 9.17) is 0 Å². The van der Waals surface area contributed by atoms with Crippen molar-refractivity contribution in [3.05, 3.63) is 66.1 Å². The summed E-state index contributed by atoms with van der Waals surface area (Å²) >= 11 is 0. The van der Waals surface area contributed by atoms with Gasteiger partial charge in [-0.2, -0.15) is 19.7 Å². The number of fused-ring (bicyclic) bond motifs is 1. The summed E-state index contributed by atoms with van der Waals surface area (Å²) in [6, 6.07) is 9.09. The summed E-state index contributed by atoms with van der Waals surface area (Å²) in [4.78, 5) is 21.4. The number of aryl methyl sites for hydroxylation is 1. The quantitative estimate of drug-likeness (QED) is 0.576. The fourth-order valence-electron chi connectivity index (χ4n) is 2.87. The van der Waals surface area contributed by atoms with E-state index in [0.29, 0.717) is 11.3 Å². The monoisotopic (exact) mass is 379 g/mol. The maximum absolute atomic E-state index is 13.2. The van der Waals surface area contributed by atoms with Gasteiger partial charge in [0.25, 0.3) is 11.7 Å². The molecule has 0 aliphatic carbocycles. The maximum Gasteiger partial charge on any atom is 0.270 e. The molecule has 4 aromatic rings. The maximum atomic E-state index is 13.2. The first kappa shape index (κ1) is 17.8. The number of benzene rings is 1. The molecule has 8 nitrogen and oxygen atoms in total. The SMILES string of the molecule is CCn1ccc(C(C)NC(=O)c2cc(-c3ccc(F)cc3)nc3ncnn23)n1. The molecule has 0 aliphatic rings. The molecule has 0 saturated heterocycles. The van der Waals surface area contributed by atoms with Gasteiger partial charge in [0.1, 0.15) is 17.8 Å². The van der Waals surface area contributed by atoms with E-state index in [0.717, 1.165) is 12.2 Å². The summed E-state index contributed by atoms with van der Waals surface area (Å²) in [6.07, 6.45) is 3.20. The summed E-state index contributed by atoms with van der Waals surface area (Å²) in [7, 11) is 0. The largest absolute Gasteiger partial charge is 0.343 e. The molecule has 9 heteroatoms. The van der Waals surface area contributed by atoms with Crippen molar-refractivity contribution in [3.8, 4) is 11.3 Å². The third-order valence-electron chi connectivity index (χ3n) is 4.40. The number of nitrogens with one attached hydrogen (secondary N) is 1. The predicted octanol–water partition coefficient (Wildman–Crippen LogP) is 2.64. The van der Waals surface area contributed by atoms with Crippen LogP contribution in [-0.4, -0.2) is 35.3 Å². The summed E-state index contributed by atoms with van der Waals surface area (Å²) in [5.41, 5.74) is 2.23. The van der Waals surface area contributed by atoms with Gasteiger partial charge in [-0.1, -0.05) is 0 Å². The zero-order valence-electron chi connectivity index (χ0n) is 15.4. The van der Waals surface area contributed by atoms with Crippen LogP contribution in [0, 0.1) is 5.82 Å². The molecule has 142 valence electrons. The molecule has 3 aromatic heterocycles. The Hall–Kier alpha value is -3.62. The number of amides is 1. The van der Waals surface area contributed by atoms with Crippen LogP contribution in [0.2, 0.25) is 0 Å². The highest BCUT2D eigenvalue weighted by molar-refractivity contribution is 5.94. The van der Waals surface area contributed by atoms with Crippen LogP contribution >= 0.6 is 0 Å². The Labute approximate surface area is 160 Å². The Bertz CT molecular complexity index is 1130. The van der Waals surface area contributed by atoms with E-state index in [-0.39, 0.29) is 29.2 Å². The van der Waals surface area contributed by atoms with Gasteiger partial charge in [-0.3, -0.25) is 9.48 Å². The average Bonchev–Trinajstić information content (AvgIpc) is 3.37. The molecule has 1 aromatic carbocycles. The van der Waals surface area contributed by atoms with Crippen molar-refractivity contribution in [2.24, 2.45) is 0 Å². The van der Waals surface area contributed by atoms with Crippen molar-refractivity contribution in [2.75, 3.05) is 0 Å². The summed E-state index contributed by atoms with van der Waals surface area (Å²) in [5, 5.41) is 11.4. The van der Waals surface area contributed by atoms with E-state index in [2.05, 4.69) is 25.5 Å². The second kappa shape index (κ2) is 7.18. The van der Waals surface area contributed by atoms with Crippen LogP contribution in [0.15, 0.2) is 48.9 Å². The highest BCUT2D eigenvalue weighted by Crippen LogP contribution is 2.20. The van der Waals surface area contributed by atoms with E-state index >= 15 is 0 Å². The Morgan fingerprint density at radius 2 is 2.04 bits per heavy atom. The number of carbonyl (C=O) groups excluding carboxylic acids is 1. The van der Waals surface area contributed by atoms with Crippen LogP contribution < -0.4 is 5.32 Å². The second-order valence-electron chi connectivity index (χ2n) is 6.30. The number of aromatic nitrogens is 6. The van der Waals surface area contributed by atoms with Crippen LogP contribution in [0.3, 0.4) is 0 Å². The molecule has 0 radical (unpaired) electrons. The molecule has 0 saturated carbocycles. The molecular formula is C19H18FN7O. The van der Waals surface area contributed by atoms with E-state index in [1.807, 2.05) is 26.1 Å². The normalized spacial score (nSPS) is 12.2. The van der Waals surface area contributed by atoms with Gasteiger partial charge in [0, 0.05) is 18.3 Å². The van der Waals surface area contributed by atoms with Crippen molar-refractivity contribution < 1.29 is 9.18 Å².